The van der Waals surface area contributed by atoms with E-state index in [9.17, 15) is 5.11 Å². The van der Waals surface area contributed by atoms with Crippen molar-refractivity contribution in [3.63, 3.8) is 0 Å². The molecule has 3 N–H and O–H groups in total. The van der Waals surface area contributed by atoms with E-state index in [1.54, 1.807) is 0 Å². The zero-order valence-electron chi connectivity index (χ0n) is 21.4. The Balaban J connectivity index is 1.63. The van der Waals surface area contributed by atoms with Crippen molar-refractivity contribution in [3.8, 4) is 11.4 Å². The molecule has 2 heterocycles. The molecule has 0 spiro atoms. The predicted molar refractivity (Wildman–Crippen MR) is 146 cm³/mol. The van der Waals surface area contributed by atoms with Gasteiger partial charge in [-0.2, -0.15) is 0 Å². The smallest absolute Gasteiger partial charge is 0.137 e. The standard InChI is InChI=1S/C31H36N4O/c1-21-9-7-13-25(19-21)27(26-14-8-10-22(2)20-26)29(35-17-15-32-16-18-35)30(36)28-23(3)33-31(34-28)24-11-5-4-6-12-24/h4-14,19-20,27,29-30,32,36H,15-18H2,1-3H3,(H,33,34). The van der Waals surface area contributed by atoms with Crippen LogP contribution in [-0.4, -0.2) is 52.2 Å². The van der Waals surface area contributed by atoms with Crippen LogP contribution in [0.2, 0.25) is 0 Å². The number of rotatable bonds is 7. The van der Waals surface area contributed by atoms with Crippen LogP contribution in [0, 0.1) is 20.8 Å². The van der Waals surface area contributed by atoms with E-state index in [1.807, 2.05) is 37.3 Å². The summed E-state index contributed by atoms with van der Waals surface area (Å²) in [6.45, 7) is 9.86. The first-order valence-electron chi connectivity index (χ1n) is 12.9. The first-order valence-corrected chi connectivity index (χ1v) is 12.9. The molecule has 186 valence electrons. The second kappa shape index (κ2) is 10.8. The summed E-state index contributed by atoms with van der Waals surface area (Å²) in [6, 6.07) is 27.4. The van der Waals surface area contributed by atoms with Gasteiger partial charge in [0.15, 0.2) is 0 Å². The number of benzene rings is 3. The van der Waals surface area contributed by atoms with Crippen molar-refractivity contribution in [2.45, 2.75) is 38.8 Å². The number of imidazole rings is 1. The van der Waals surface area contributed by atoms with E-state index < -0.39 is 6.10 Å². The maximum Gasteiger partial charge on any atom is 0.137 e. The van der Waals surface area contributed by atoms with Gasteiger partial charge in [0.1, 0.15) is 11.9 Å². The highest BCUT2D eigenvalue weighted by atomic mass is 16.3. The van der Waals surface area contributed by atoms with E-state index in [-0.39, 0.29) is 12.0 Å². The molecule has 1 aliphatic heterocycles. The van der Waals surface area contributed by atoms with E-state index in [2.05, 4.69) is 77.6 Å². The lowest BCUT2D eigenvalue weighted by Crippen LogP contribution is -2.52. The average molecular weight is 481 g/mol. The monoisotopic (exact) mass is 480 g/mol. The molecule has 2 unspecified atom stereocenters. The minimum atomic E-state index is -0.761. The van der Waals surface area contributed by atoms with Gasteiger partial charge in [0.2, 0.25) is 0 Å². The highest BCUT2D eigenvalue weighted by molar-refractivity contribution is 5.56. The van der Waals surface area contributed by atoms with Gasteiger partial charge < -0.3 is 15.4 Å². The Morgan fingerprint density at radius 1 is 0.806 bits per heavy atom. The summed E-state index contributed by atoms with van der Waals surface area (Å²) in [5.74, 6) is 0.790. The quantitative estimate of drug-likeness (QED) is 0.343. The summed E-state index contributed by atoms with van der Waals surface area (Å²) < 4.78 is 0. The number of hydrogen-bond donors (Lipinski definition) is 3. The van der Waals surface area contributed by atoms with E-state index in [4.69, 9.17) is 4.98 Å². The first-order chi connectivity index (χ1) is 17.5. The molecule has 0 saturated carbocycles. The van der Waals surface area contributed by atoms with Crippen LogP contribution in [0.4, 0.5) is 0 Å². The van der Waals surface area contributed by atoms with E-state index >= 15 is 0 Å². The molecule has 0 aliphatic carbocycles. The fourth-order valence-corrected chi connectivity index (χ4v) is 5.54. The first kappa shape index (κ1) is 24.4. The molecule has 0 amide bonds. The minimum absolute atomic E-state index is 0.00539. The number of hydrogen-bond acceptors (Lipinski definition) is 4. The van der Waals surface area contributed by atoms with Gasteiger partial charge in [-0.15, -0.1) is 0 Å². The van der Waals surface area contributed by atoms with Crippen molar-refractivity contribution in [3.05, 3.63) is 113 Å². The fraction of sp³-hybridized carbons (Fsp3) is 0.323. The lowest BCUT2D eigenvalue weighted by Gasteiger charge is -2.42. The van der Waals surface area contributed by atoms with Crippen LogP contribution in [-0.2, 0) is 0 Å². The van der Waals surface area contributed by atoms with Gasteiger partial charge in [0, 0.05) is 43.4 Å². The van der Waals surface area contributed by atoms with Crippen molar-refractivity contribution in [2.24, 2.45) is 0 Å². The molecule has 1 aliphatic rings. The van der Waals surface area contributed by atoms with Crippen molar-refractivity contribution in [1.82, 2.24) is 20.2 Å². The van der Waals surface area contributed by atoms with Crippen LogP contribution in [0.15, 0.2) is 78.9 Å². The topological polar surface area (TPSA) is 64.2 Å². The molecule has 3 aromatic carbocycles. The zero-order valence-corrected chi connectivity index (χ0v) is 21.4. The molecule has 1 fully saturated rings. The molecule has 1 aromatic heterocycles. The third-order valence-corrected chi connectivity index (χ3v) is 7.29. The molecule has 5 rings (SSSR count). The predicted octanol–water partition coefficient (Wildman–Crippen LogP) is 5.14. The van der Waals surface area contributed by atoms with Crippen LogP contribution < -0.4 is 5.32 Å². The summed E-state index contributed by atoms with van der Waals surface area (Å²) in [7, 11) is 0. The van der Waals surface area contributed by atoms with Crippen LogP contribution in [0.3, 0.4) is 0 Å². The van der Waals surface area contributed by atoms with E-state index in [0.29, 0.717) is 0 Å². The highest BCUT2D eigenvalue weighted by Crippen LogP contribution is 2.39. The van der Waals surface area contributed by atoms with Gasteiger partial charge in [-0.1, -0.05) is 90.0 Å². The third-order valence-electron chi connectivity index (χ3n) is 7.29. The lowest BCUT2D eigenvalue weighted by molar-refractivity contribution is 0.0295. The number of aromatic nitrogens is 2. The Bertz CT molecular complexity index is 1250. The summed E-state index contributed by atoms with van der Waals surface area (Å²) in [4.78, 5) is 10.8. The lowest BCUT2D eigenvalue weighted by atomic mass is 9.79. The molecule has 4 aromatic rings. The second-order valence-corrected chi connectivity index (χ2v) is 9.99. The van der Waals surface area contributed by atoms with Crippen LogP contribution >= 0.6 is 0 Å². The molecule has 0 bridgehead atoms. The second-order valence-electron chi connectivity index (χ2n) is 9.99. The van der Waals surface area contributed by atoms with Crippen molar-refractivity contribution >= 4 is 0 Å². The van der Waals surface area contributed by atoms with Crippen molar-refractivity contribution in [1.29, 1.82) is 0 Å². The Morgan fingerprint density at radius 2 is 1.42 bits per heavy atom. The summed E-state index contributed by atoms with van der Waals surface area (Å²) in [6.07, 6.45) is -0.761. The zero-order chi connectivity index (χ0) is 25.1. The van der Waals surface area contributed by atoms with Gasteiger partial charge in [0.25, 0.3) is 0 Å². The summed E-state index contributed by atoms with van der Waals surface area (Å²) >= 11 is 0. The van der Waals surface area contributed by atoms with Gasteiger partial charge >= 0.3 is 0 Å². The number of aliphatic hydroxyl groups is 1. The fourth-order valence-electron chi connectivity index (χ4n) is 5.54. The summed E-state index contributed by atoms with van der Waals surface area (Å²) in [5, 5.41) is 15.6. The largest absolute Gasteiger partial charge is 0.385 e. The molecule has 2 atom stereocenters. The molecular formula is C31H36N4O. The van der Waals surface area contributed by atoms with Gasteiger partial charge in [-0.05, 0) is 31.9 Å². The molecular weight excluding hydrogens is 444 g/mol. The maximum absolute atomic E-state index is 12.2. The van der Waals surface area contributed by atoms with Gasteiger partial charge in [-0.25, -0.2) is 4.98 Å². The van der Waals surface area contributed by atoms with Crippen molar-refractivity contribution in [2.75, 3.05) is 26.2 Å². The Labute approximate surface area is 214 Å². The molecule has 5 nitrogen and oxygen atoms in total. The van der Waals surface area contributed by atoms with Gasteiger partial charge in [0.05, 0.1) is 11.7 Å². The average Bonchev–Trinajstić information content (AvgIpc) is 3.29. The SMILES string of the molecule is Cc1cccc(C(c2cccc(C)c2)C(C(O)c2nc(-c3ccccc3)[nH]c2C)N2CCNCC2)c1. The third kappa shape index (κ3) is 5.14. The number of H-pyrrole nitrogens is 1. The molecule has 0 radical (unpaired) electrons. The van der Waals surface area contributed by atoms with Crippen molar-refractivity contribution < 1.29 is 5.11 Å². The van der Waals surface area contributed by atoms with Gasteiger partial charge in [-0.3, -0.25) is 4.90 Å². The number of aryl methyl sites for hydroxylation is 3. The Kier molecular flexibility index (Phi) is 7.33. The number of aromatic amines is 1. The number of piperazine rings is 1. The maximum atomic E-state index is 12.2. The van der Waals surface area contributed by atoms with Crippen LogP contribution in [0.1, 0.15) is 45.7 Å². The van der Waals surface area contributed by atoms with E-state index in [0.717, 1.165) is 49.0 Å². The van der Waals surface area contributed by atoms with Crippen LogP contribution in [0.25, 0.3) is 11.4 Å². The highest BCUT2D eigenvalue weighted by Gasteiger charge is 2.38. The number of nitrogens with one attached hydrogen (secondary N) is 2. The Hall–Kier alpha value is -3.25. The molecule has 5 heteroatoms. The number of nitrogens with zero attached hydrogens (tertiary/aromatic N) is 2. The minimum Gasteiger partial charge on any atom is -0.385 e. The normalized spacial score (nSPS) is 16.2. The molecule has 1 saturated heterocycles. The van der Waals surface area contributed by atoms with Crippen LogP contribution in [0.5, 0.6) is 0 Å². The summed E-state index contributed by atoms with van der Waals surface area (Å²) in [5.41, 5.74) is 7.55. The Morgan fingerprint density at radius 3 is 2.00 bits per heavy atom. The number of aliphatic hydroxyl groups excluding tert-OH is 1. The molecule has 36 heavy (non-hydrogen) atoms. The van der Waals surface area contributed by atoms with E-state index in [1.165, 1.54) is 22.3 Å².